The molecule has 0 fully saturated rings. The van der Waals surface area contributed by atoms with Crippen LogP contribution >= 0.6 is 15.9 Å². The first-order valence-corrected chi connectivity index (χ1v) is 4.80. The molecular weight excluding hydrogens is 264 g/mol. The molecule has 15 heavy (non-hydrogen) atoms. The van der Waals surface area contributed by atoms with Crippen LogP contribution in [0.1, 0.15) is 10.4 Å². The normalized spacial score (nSPS) is 10.5. The highest BCUT2D eigenvalue weighted by atomic mass is 79.9. The van der Waals surface area contributed by atoms with Gasteiger partial charge in [-0.25, -0.2) is 9.78 Å². The molecule has 0 aliphatic heterocycles. The first-order chi connectivity index (χ1) is 7.09. The molecule has 0 unspecified atom stereocenters. The minimum Gasteiger partial charge on any atom is -0.477 e. The first kappa shape index (κ1) is 9.85. The lowest BCUT2D eigenvalue weighted by atomic mass is 10.2. The van der Waals surface area contributed by atoms with Gasteiger partial charge in [0.2, 0.25) is 5.43 Å². The molecule has 2 aromatic heterocycles. The molecule has 0 saturated carbocycles. The fraction of sp³-hybridized carbons (Fsp3) is 0. The van der Waals surface area contributed by atoms with Gasteiger partial charge in [-0.1, -0.05) is 0 Å². The predicted octanol–water partition coefficient (Wildman–Crippen LogP) is 1.38. The smallest absolute Gasteiger partial charge is 0.341 e. The molecule has 0 bridgehead atoms. The van der Waals surface area contributed by atoms with Crippen molar-refractivity contribution in [2.24, 2.45) is 0 Å². The van der Waals surface area contributed by atoms with Gasteiger partial charge < -0.3 is 10.1 Å². The fourth-order valence-electron chi connectivity index (χ4n) is 1.23. The van der Waals surface area contributed by atoms with Crippen LogP contribution in [-0.2, 0) is 0 Å². The Morgan fingerprint density at radius 3 is 2.87 bits per heavy atom. The van der Waals surface area contributed by atoms with Crippen LogP contribution in [0.25, 0.3) is 11.0 Å². The number of aromatic carboxylic acids is 1. The summed E-state index contributed by atoms with van der Waals surface area (Å²) < 4.78 is 0.489. The number of hydrogen-bond acceptors (Lipinski definition) is 3. The maximum Gasteiger partial charge on any atom is 0.341 e. The SMILES string of the molecule is O=C(O)c1c[nH]c2ccc(Br)nc2c1=O. The summed E-state index contributed by atoms with van der Waals surface area (Å²) in [5.74, 6) is -1.26. The van der Waals surface area contributed by atoms with Crippen molar-refractivity contribution < 1.29 is 9.90 Å². The van der Waals surface area contributed by atoms with Crippen molar-refractivity contribution in [3.05, 3.63) is 38.7 Å². The Hall–Kier alpha value is -1.69. The molecule has 2 rings (SSSR count). The molecule has 0 aliphatic carbocycles. The highest BCUT2D eigenvalue weighted by Gasteiger charge is 2.12. The van der Waals surface area contributed by atoms with E-state index in [2.05, 4.69) is 25.9 Å². The van der Waals surface area contributed by atoms with E-state index in [-0.39, 0.29) is 11.1 Å². The van der Waals surface area contributed by atoms with E-state index < -0.39 is 11.4 Å². The number of fused-ring (bicyclic) bond motifs is 1. The third-order valence-electron chi connectivity index (χ3n) is 1.92. The Labute approximate surface area is 91.9 Å². The second kappa shape index (κ2) is 3.47. The topological polar surface area (TPSA) is 83.0 Å². The van der Waals surface area contributed by atoms with Gasteiger partial charge in [-0.2, -0.15) is 0 Å². The summed E-state index contributed by atoms with van der Waals surface area (Å²) in [5, 5.41) is 8.73. The van der Waals surface area contributed by atoms with Crippen LogP contribution in [0.4, 0.5) is 0 Å². The van der Waals surface area contributed by atoms with Crippen molar-refractivity contribution in [1.29, 1.82) is 0 Å². The number of H-pyrrole nitrogens is 1. The number of aromatic nitrogens is 2. The molecule has 2 heterocycles. The third kappa shape index (κ3) is 1.63. The van der Waals surface area contributed by atoms with Crippen molar-refractivity contribution in [1.82, 2.24) is 9.97 Å². The third-order valence-corrected chi connectivity index (χ3v) is 2.37. The zero-order valence-electron chi connectivity index (χ0n) is 7.32. The summed E-state index contributed by atoms with van der Waals surface area (Å²) in [6.45, 7) is 0. The summed E-state index contributed by atoms with van der Waals surface area (Å²) in [5.41, 5.74) is -0.275. The van der Waals surface area contributed by atoms with Crippen LogP contribution in [0, 0.1) is 0 Å². The van der Waals surface area contributed by atoms with Crippen molar-refractivity contribution in [3.8, 4) is 0 Å². The Morgan fingerprint density at radius 2 is 2.20 bits per heavy atom. The van der Waals surface area contributed by atoms with E-state index in [1.807, 2.05) is 0 Å². The number of carboxylic acids is 1. The number of nitrogens with zero attached hydrogens (tertiary/aromatic N) is 1. The second-order valence-electron chi connectivity index (χ2n) is 2.87. The van der Waals surface area contributed by atoms with Crippen LogP contribution < -0.4 is 5.43 Å². The van der Waals surface area contributed by atoms with E-state index in [9.17, 15) is 9.59 Å². The predicted molar refractivity (Wildman–Crippen MR) is 57.0 cm³/mol. The summed E-state index contributed by atoms with van der Waals surface area (Å²) >= 11 is 3.12. The maximum atomic E-state index is 11.6. The molecule has 0 aromatic carbocycles. The van der Waals surface area contributed by atoms with Gasteiger partial charge in [0.25, 0.3) is 0 Å². The van der Waals surface area contributed by atoms with Crippen molar-refractivity contribution >= 4 is 32.9 Å². The highest BCUT2D eigenvalue weighted by molar-refractivity contribution is 9.10. The average molecular weight is 269 g/mol. The maximum absolute atomic E-state index is 11.6. The average Bonchev–Trinajstić information content (AvgIpc) is 2.19. The van der Waals surface area contributed by atoms with E-state index in [4.69, 9.17) is 5.11 Å². The molecule has 76 valence electrons. The van der Waals surface area contributed by atoms with Crippen molar-refractivity contribution in [2.45, 2.75) is 0 Å². The first-order valence-electron chi connectivity index (χ1n) is 4.01. The molecule has 0 spiro atoms. The zero-order chi connectivity index (χ0) is 11.0. The molecule has 0 radical (unpaired) electrons. The lowest BCUT2D eigenvalue weighted by Crippen LogP contribution is -2.16. The molecule has 2 aromatic rings. The number of rotatable bonds is 1. The van der Waals surface area contributed by atoms with Gasteiger partial charge in [0.1, 0.15) is 15.7 Å². The van der Waals surface area contributed by atoms with Crippen LogP contribution in [0.15, 0.2) is 27.7 Å². The molecule has 2 N–H and O–H groups in total. The minimum atomic E-state index is -1.26. The van der Waals surface area contributed by atoms with Crippen LogP contribution in [0.3, 0.4) is 0 Å². The molecule has 0 aliphatic rings. The molecule has 5 nitrogen and oxygen atoms in total. The Morgan fingerprint density at radius 1 is 1.47 bits per heavy atom. The van der Waals surface area contributed by atoms with Gasteiger partial charge in [-0.15, -0.1) is 0 Å². The summed E-state index contributed by atoms with van der Waals surface area (Å²) in [7, 11) is 0. The van der Waals surface area contributed by atoms with E-state index >= 15 is 0 Å². The summed E-state index contributed by atoms with van der Waals surface area (Å²) in [4.78, 5) is 29.0. The summed E-state index contributed by atoms with van der Waals surface area (Å²) in [6, 6.07) is 3.32. The van der Waals surface area contributed by atoms with Gasteiger partial charge in [0.15, 0.2) is 0 Å². The second-order valence-corrected chi connectivity index (χ2v) is 3.68. The lowest BCUT2D eigenvalue weighted by Gasteiger charge is -1.99. The Bertz CT molecular complexity index is 606. The van der Waals surface area contributed by atoms with Crippen LogP contribution in [0.2, 0.25) is 0 Å². The Kier molecular flexibility index (Phi) is 2.28. The molecule has 0 atom stereocenters. The zero-order valence-corrected chi connectivity index (χ0v) is 8.91. The number of pyridine rings is 2. The number of carbonyl (C=O) groups is 1. The number of halogens is 1. The van der Waals surface area contributed by atoms with E-state index in [1.165, 1.54) is 6.20 Å². The number of hydrogen-bond donors (Lipinski definition) is 2. The minimum absolute atomic E-state index is 0.115. The highest BCUT2D eigenvalue weighted by Crippen LogP contribution is 2.11. The van der Waals surface area contributed by atoms with E-state index in [0.29, 0.717) is 10.1 Å². The standard InChI is InChI=1S/C9H5BrN2O3/c10-6-2-1-5-7(12-6)8(13)4(3-11-5)9(14)15/h1-3H,(H,11,13)(H,14,15). The largest absolute Gasteiger partial charge is 0.477 e. The quantitative estimate of drug-likeness (QED) is 0.766. The molecule has 0 amide bonds. The summed E-state index contributed by atoms with van der Waals surface area (Å²) in [6.07, 6.45) is 1.17. The van der Waals surface area contributed by atoms with Gasteiger partial charge in [-0.3, -0.25) is 4.79 Å². The van der Waals surface area contributed by atoms with Crippen LogP contribution in [-0.4, -0.2) is 21.0 Å². The van der Waals surface area contributed by atoms with Gasteiger partial charge in [0.05, 0.1) is 5.52 Å². The molecule has 0 saturated heterocycles. The number of aromatic amines is 1. The van der Waals surface area contributed by atoms with Crippen molar-refractivity contribution in [3.63, 3.8) is 0 Å². The van der Waals surface area contributed by atoms with E-state index in [0.717, 1.165) is 0 Å². The van der Waals surface area contributed by atoms with Gasteiger partial charge in [0, 0.05) is 6.20 Å². The van der Waals surface area contributed by atoms with E-state index in [1.54, 1.807) is 12.1 Å². The number of carboxylic acid groups (broad SMARTS) is 1. The van der Waals surface area contributed by atoms with Crippen molar-refractivity contribution in [2.75, 3.05) is 0 Å². The monoisotopic (exact) mass is 268 g/mol. The fourth-order valence-corrected chi connectivity index (χ4v) is 1.54. The Balaban J connectivity index is 2.89. The molecular formula is C9H5BrN2O3. The lowest BCUT2D eigenvalue weighted by molar-refractivity contribution is 0.0695. The number of nitrogens with one attached hydrogen (secondary N) is 1. The molecule has 6 heteroatoms. The van der Waals surface area contributed by atoms with Crippen LogP contribution in [0.5, 0.6) is 0 Å². The van der Waals surface area contributed by atoms with Gasteiger partial charge in [-0.05, 0) is 28.1 Å². The van der Waals surface area contributed by atoms with Gasteiger partial charge >= 0.3 is 5.97 Å².